The largest absolute Gasteiger partial charge is 0.480 e. The Balaban J connectivity index is 1.23. The second kappa shape index (κ2) is 8.71. The Morgan fingerprint density at radius 3 is 2.59 bits per heavy atom. The van der Waals surface area contributed by atoms with Crippen LogP contribution in [-0.2, 0) is 19.8 Å². The Morgan fingerprint density at radius 1 is 1.14 bits per heavy atom. The van der Waals surface area contributed by atoms with Gasteiger partial charge in [0.1, 0.15) is 11.9 Å². The Morgan fingerprint density at radius 2 is 1.92 bits per heavy atom. The van der Waals surface area contributed by atoms with Crippen molar-refractivity contribution >= 4 is 11.7 Å². The molecule has 0 bridgehead atoms. The summed E-state index contributed by atoms with van der Waals surface area (Å²) < 4.78 is 45.8. The fraction of sp³-hybridized carbons (Fsp3) is 0.320. The molecule has 0 saturated heterocycles. The summed E-state index contributed by atoms with van der Waals surface area (Å²) in [6.07, 6.45) is 2.41. The van der Waals surface area contributed by atoms with Crippen molar-refractivity contribution < 1.29 is 17.9 Å². The molecule has 1 fully saturated rings. The molecule has 1 saturated carbocycles. The number of rotatable bonds is 6. The summed E-state index contributed by atoms with van der Waals surface area (Å²) in [5, 5.41) is 1.91. The molecule has 1 aliphatic carbocycles. The summed E-state index contributed by atoms with van der Waals surface area (Å²) in [6, 6.07) is 7.28. The van der Waals surface area contributed by atoms with Crippen molar-refractivity contribution in [3.63, 3.8) is 0 Å². The molecule has 190 valence electrons. The Hall–Kier alpha value is -4.22. The number of imidazole rings is 1. The van der Waals surface area contributed by atoms with Crippen molar-refractivity contribution in [3.8, 4) is 17.1 Å². The van der Waals surface area contributed by atoms with Crippen LogP contribution in [0.1, 0.15) is 41.4 Å². The molecule has 12 heteroatoms. The number of halogens is 3. The first-order valence-electron chi connectivity index (χ1n) is 11.8. The molecule has 3 aromatic rings. The van der Waals surface area contributed by atoms with E-state index in [2.05, 4.69) is 25.4 Å². The Bertz CT molecular complexity index is 1450. The van der Waals surface area contributed by atoms with Gasteiger partial charge in [-0.1, -0.05) is 24.3 Å². The number of aryl methyl sites for hydroxylation is 1. The lowest BCUT2D eigenvalue weighted by atomic mass is 10.1. The SMILES string of the molecule is COc1ncnc(C2CC2)c1C1=NCC2=CNN(Cc3ccc(-c4cn(C)c(C(F)(F)F)n4)cc3)C2=N1. The van der Waals surface area contributed by atoms with Gasteiger partial charge in [-0.2, -0.15) is 13.2 Å². The average molecular weight is 509 g/mol. The van der Waals surface area contributed by atoms with Crippen molar-refractivity contribution in [3.05, 3.63) is 71.2 Å². The van der Waals surface area contributed by atoms with E-state index in [4.69, 9.17) is 9.73 Å². The molecule has 2 aliphatic heterocycles. The summed E-state index contributed by atoms with van der Waals surface area (Å²) in [4.78, 5) is 22.1. The summed E-state index contributed by atoms with van der Waals surface area (Å²) >= 11 is 0. The average Bonchev–Trinajstić information content (AvgIpc) is 3.55. The molecule has 3 aliphatic rings. The highest BCUT2D eigenvalue weighted by Gasteiger charge is 2.36. The maximum atomic E-state index is 13.1. The van der Waals surface area contributed by atoms with E-state index in [-0.39, 0.29) is 5.69 Å². The number of methoxy groups -OCH3 is 1. The quantitative estimate of drug-likeness (QED) is 0.544. The van der Waals surface area contributed by atoms with Gasteiger partial charge < -0.3 is 14.7 Å². The van der Waals surface area contributed by atoms with Crippen molar-refractivity contribution in [2.75, 3.05) is 13.7 Å². The van der Waals surface area contributed by atoms with E-state index in [1.807, 2.05) is 23.3 Å². The summed E-state index contributed by atoms with van der Waals surface area (Å²) in [5.74, 6) is 1.20. The van der Waals surface area contributed by atoms with E-state index in [0.717, 1.165) is 45.6 Å². The number of fused-ring (bicyclic) bond motifs is 1. The van der Waals surface area contributed by atoms with Crippen LogP contribution in [0.3, 0.4) is 0 Å². The van der Waals surface area contributed by atoms with E-state index in [1.54, 1.807) is 19.2 Å². The lowest BCUT2D eigenvalue weighted by molar-refractivity contribution is -0.146. The molecule has 37 heavy (non-hydrogen) atoms. The van der Waals surface area contributed by atoms with Gasteiger partial charge in [0.15, 0.2) is 11.7 Å². The summed E-state index contributed by atoms with van der Waals surface area (Å²) in [5.41, 5.74) is 7.67. The highest BCUT2D eigenvalue weighted by Crippen LogP contribution is 2.42. The van der Waals surface area contributed by atoms with Crippen molar-refractivity contribution in [2.45, 2.75) is 31.5 Å². The fourth-order valence-corrected chi connectivity index (χ4v) is 4.50. The van der Waals surface area contributed by atoms with Crippen LogP contribution in [0, 0.1) is 0 Å². The smallest absolute Gasteiger partial charge is 0.449 e. The summed E-state index contributed by atoms with van der Waals surface area (Å²) in [6.45, 7) is 0.945. The van der Waals surface area contributed by atoms with Crippen LogP contribution < -0.4 is 10.2 Å². The maximum Gasteiger partial charge on any atom is 0.449 e. The molecule has 0 spiro atoms. The third kappa shape index (κ3) is 4.32. The topological polar surface area (TPSA) is 92.8 Å². The standard InChI is InChI=1S/C25H23F3N8O/c1-35-12-18(33-24(35)25(26,27)28)15-5-3-14(4-6-15)11-36-22-17(10-32-36)9-29-21(34-22)19-20(16-7-8-16)30-13-31-23(19)37-2/h3-6,10,12-13,16,32H,7-9,11H2,1-2H3. The van der Waals surface area contributed by atoms with Crippen molar-refractivity contribution in [1.82, 2.24) is 30.0 Å². The highest BCUT2D eigenvalue weighted by molar-refractivity contribution is 6.15. The monoisotopic (exact) mass is 508 g/mol. The molecule has 9 nitrogen and oxygen atoms in total. The molecule has 0 atom stereocenters. The molecule has 1 N–H and O–H groups in total. The number of hydrogen-bond acceptors (Lipinski definition) is 8. The van der Waals surface area contributed by atoms with Crippen LogP contribution in [0.25, 0.3) is 11.3 Å². The molecule has 2 aromatic heterocycles. The van der Waals surface area contributed by atoms with Crippen LogP contribution in [0.5, 0.6) is 5.88 Å². The van der Waals surface area contributed by atoms with Crippen LogP contribution >= 0.6 is 0 Å². The van der Waals surface area contributed by atoms with E-state index in [1.165, 1.54) is 19.6 Å². The van der Waals surface area contributed by atoms with E-state index < -0.39 is 12.0 Å². The number of alkyl halides is 3. The zero-order valence-electron chi connectivity index (χ0n) is 20.1. The zero-order chi connectivity index (χ0) is 25.7. The van der Waals surface area contributed by atoms with Gasteiger partial charge in [-0.25, -0.2) is 19.9 Å². The maximum absolute atomic E-state index is 13.1. The van der Waals surface area contributed by atoms with E-state index in [0.29, 0.717) is 36.3 Å². The Kier molecular flexibility index (Phi) is 5.46. The summed E-state index contributed by atoms with van der Waals surface area (Å²) in [7, 11) is 2.91. The zero-order valence-corrected chi connectivity index (χ0v) is 20.1. The van der Waals surface area contributed by atoms with Gasteiger partial charge in [0.25, 0.3) is 0 Å². The molecule has 1 aromatic carbocycles. The second-order valence-electron chi connectivity index (χ2n) is 9.13. The number of nitrogens with one attached hydrogen (secondary N) is 1. The third-order valence-corrected chi connectivity index (χ3v) is 6.49. The van der Waals surface area contributed by atoms with Gasteiger partial charge in [-0.05, 0) is 18.4 Å². The number of hydrazine groups is 1. The highest BCUT2D eigenvalue weighted by atomic mass is 19.4. The molecule has 0 unspecified atom stereocenters. The number of aliphatic imine (C=N–C) groups is 2. The Labute approximate surface area is 210 Å². The molecular weight excluding hydrogens is 485 g/mol. The number of amidine groups is 2. The fourth-order valence-electron chi connectivity index (χ4n) is 4.50. The van der Waals surface area contributed by atoms with Crippen molar-refractivity contribution in [2.24, 2.45) is 17.0 Å². The van der Waals surface area contributed by atoms with Crippen LogP contribution in [0.15, 0.2) is 58.5 Å². The lowest BCUT2D eigenvalue weighted by Gasteiger charge is -2.23. The van der Waals surface area contributed by atoms with Crippen molar-refractivity contribution in [1.29, 1.82) is 0 Å². The van der Waals surface area contributed by atoms with Gasteiger partial charge in [0.05, 0.1) is 31.6 Å². The molecular formula is C25H23F3N8O. The third-order valence-electron chi connectivity index (χ3n) is 6.49. The predicted molar refractivity (Wildman–Crippen MR) is 130 cm³/mol. The van der Waals surface area contributed by atoms with Gasteiger partial charge in [-0.3, -0.25) is 10.0 Å². The van der Waals surface area contributed by atoms with Gasteiger partial charge in [0.2, 0.25) is 11.7 Å². The minimum Gasteiger partial charge on any atom is -0.480 e. The lowest BCUT2D eigenvalue weighted by Crippen LogP contribution is -2.36. The number of hydrogen-bond donors (Lipinski definition) is 1. The normalized spacial score (nSPS) is 17.1. The number of nitrogens with zero attached hydrogens (tertiary/aromatic N) is 7. The predicted octanol–water partition coefficient (Wildman–Crippen LogP) is 3.84. The van der Waals surface area contributed by atoms with Crippen LogP contribution in [-0.4, -0.2) is 49.9 Å². The molecule has 6 rings (SSSR count). The first kappa shape index (κ1) is 23.2. The molecule has 0 radical (unpaired) electrons. The first-order valence-corrected chi connectivity index (χ1v) is 11.8. The molecule has 0 amide bonds. The van der Waals surface area contributed by atoms with E-state index >= 15 is 0 Å². The van der Waals surface area contributed by atoms with Crippen LogP contribution in [0.2, 0.25) is 0 Å². The molecule has 4 heterocycles. The number of aromatic nitrogens is 4. The first-order chi connectivity index (χ1) is 17.8. The van der Waals surface area contributed by atoms with Gasteiger partial charge in [0, 0.05) is 36.5 Å². The number of benzene rings is 1. The number of ether oxygens (including phenoxy) is 1. The minimum absolute atomic E-state index is 0.271. The second-order valence-corrected chi connectivity index (χ2v) is 9.13. The van der Waals surface area contributed by atoms with Gasteiger partial charge >= 0.3 is 6.18 Å². The minimum atomic E-state index is -4.50. The van der Waals surface area contributed by atoms with Gasteiger partial charge in [-0.15, -0.1) is 0 Å². The van der Waals surface area contributed by atoms with E-state index in [9.17, 15) is 13.2 Å². The van der Waals surface area contributed by atoms with Crippen LogP contribution in [0.4, 0.5) is 13.2 Å².